The molecule has 0 aromatic rings. The van der Waals surface area contributed by atoms with Crippen LogP contribution in [0.4, 0.5) is 0 Å². The second-order valence-corrected chi connectivity index (χ2v) is 5.41. The van der Waals surface area contributed by atoms with Gasteiger partial charge in [0.2, 0.25) is 0 Å². The van der Waals surface area contributed by atoms with Crippen molar-refractivity contribution in [3.63, 3.8) is 0 Å². The van der Waals surface area contributed by atoms with Crippen LogP contribution in [-0.4, -0.2) is 42.8 Å². The van der Waals surface area contributed by atoms with Crippen LogP contribution in [0.1, 0.15) is 40.5 Å². The minimum Gasteiger partial charge on any atom is -0.381 e. The molecule has 1 aliphatic rings. The third kappa shape index (κ3) is 2.76. The zero-order chi connectivity index (χ0) is 12.2. The largest absolute Gasteiger partial charge is 0.381 e. The SMILES string of the molecule is CCCN(C(C)C)C(C)(CN)C1CCOC1. The van der Waals surface area contributed by atoms with Crippen LogP contribution in [0.3, 0.4) is 0 Å². The summed E-state index contributed by atoms with van der Waals surface area (Å²) in [5, 5.41) is 0. The van der Waals surface area contributed by atoms with E-state index in [9.17, 15) is 0 Å². The highest BCUT2D eigenvalue weighted by Gasteiger charge is 2.41. The van der Waals surface area contributed by atoms with Gasteiger partial charge in [-0.05, 0) is 40.2 Å². The highest BCUT2D eigenvalue weighted by atomic mass is 16.5. The summed E-state index contributed by atoms with van der Waals surface area (Å²) in [6.45, 7) is 12.7. The molecule has 0 aromatic carbocycles. The van der Waals surface area contributed by atoms with Gasteiger partial charge in [0.05, 0.1) is 6.61 Å². The average molecular weight is 228 g/mol. The van der Waals surface area contributed by atoms with E-state index in [0.717, 1.165) is 32.7 Å². The Balaban J connectivity index is 2.80. The maximum absolute atomic E-state index is 6.06. The van der Waals surface area contributed by atoms with E-state index >= 15 is 0 Å². The predicted octanol–water partition coefficient (Wildman–Crippen LogP) is 1.86. The first kappa shape index (κ1) is 13.9. The Morgan fingerprint density at radius 1 is 1.50 bits per heavy atom. The van der Waals surface area contributed by atoms with E-state index in [1.54, 1.807) is 0 Å². The summed E-state index contributed by atoms with van der Waals surface area (Å²) in [6, 6.07) is 0.550. The molecule has 1 saturated heterocycles. The molecule has 0 radical (unpaired) electrons. The summed E-state index contributed by atoms with van der Waals surface area (Å²) < 4.78 is 5.53. The number of ether oxygens (including phenoxy) is 1. The van der Waals surface area contributed by atoms with Crippen LogP contribution in [0.15, 0.2) is 0 Å². The van der Waals surface area contributed by atoms with Gasteiger partial charge < -0.3 is 10.5 Å². The van der Waals surface area contributed by atoms with Gasteiger partial charge in [-0.3, -0.25) is 4.90 Å². The van der Waals surface area contributed by atoms with Crippen molar-refractivity contribution in [1.82, 2.24) is 4.90 Å². The predicted molar refractivity (Wildman–Crippen MR) is 68.5 cm³/mol. The van der Waals surface area contributed by atoms with E-state index in [1.807, 2.05) is 0 Å². The van der Waals surface area contributed by atoms with Crippen LogP contribution in [0.2, 0.25) is 0 Å². The number of hydrogen-bond donors (Lipinski definition) is 1. The first-order valence-corrected chi connectivity index (χ1v) is 6.60. The van der Waals surface area contributed by atoms with Crippen LogP contribution in [0, 0.1) is 5.92 Å². The summed E-state index contributed by atoms with van der Waals surface area (Å²) in [5.74, 6) is 0.589. The van der Waals surface area contributed by atoms with Crippen molar-refractivity contribution in [3.8, 4) is 0 Å². The smallest absolute Gasteiger partial charge is 0.0513 e. The highest BCUT2D eigenvalue weighted by Crippen LogP contribution is 2.32. The Bertz CT molecular complexity index is 202. The molecular weight excluding hydrogens is 200 g/mol. The molecule has 0 saturated carbocycles. The first-order chi connectivity index (χ1) is 7.56. The number of rotatable bonds is 6. The molecule has 1 aliphatic heterocycles. The monoisotopic (exact) mass is 228 g/mol. The fourth-order valence-electron chi connectivity index (χ4n) is 2.89. The van der Waals surface area contributed by atoms with Crippen molar-refractivity contribution in [2.75, 3.05) is 26.3 Å². The van der Waals surface area contributed by atoms with E-state index in [4.69, 9.17) is 10.5 Å². The van der Waals surface area contributed by atoms with Gasteiger partial charge in [-0.25, -0.2) is 0 Å². The molecule has 0 amide bonds. The Morgan fingerprint density at radius 3 is 2.56 bits per heavy atom. The lowest BCUT2D eigenvalue weighted by Crippen LogP contribution is -2.59. The summed E-state index contributed by atoms with van der Waals surface area (Å²) in [5.41, 5.74) is 6.16. The second kappa shape index (κ2) is 5.99. The lowest BCUT2D eigenvalue weighted by atomic mass is 9.82. The Morgan fingerprint density at radius 2 is 2.19 bits per heavy atom. The lowest BCUT2D eigenvalue weighted by Gasteiger charge is -2.47. The van der Waals surface area contributed by atoms with E-state index in [2.05, 4.69) is 32.6 Å². The quantitative estimate of drug-likeness (QED) is 0.754. The minimum atomic E-state index is 0.0979. The van der Waals surface area contributed by atoms with Crippen LogP contribution in [-0.2, 0) is 4.74 Å². The Hall–Kier alpha value is -0.120. The van der Waals surface area contributed by atoms with Gasteiger partial charge in [-0.2, -0.15) is 0 Å². The number of hydrogen-bond acceptors (Lipinski definition) is 3. The Labute approximate surface area is 100 Å². The molecule has 16 heavy (non-hydrogen) atoms. The van der Waals surface area contributed by atoms with Crippen molar-refractivity contribution in [2.24, 2.45) is 11.7 Å². The van der Waals surface area contributed by atoms with Gasteiger partial charge in [0.15, 0.2) is 0 Å². The topological polar surface area (TPSA) is 38.5 Å². The van der Waals surface area contributed by atoms with Crippen LogP contribution < -0.4 is 5.73 Å². The molecule has 3 heteroatoms. The maximum Gasteiger partial charge on any atom is 0.0513 e. The summed E-state index contributed by atoms with van der Waals surface area (Å²) in [7, 11) is 0. The molecule has 1 fully saturated rings. The van der Waals surface area contributed by atoms with Crippen molar-refractivity contribution in [3.05, 3.63) is 0 Å². The summed E-state index contributed by atoms with van der Waals surface area (Å²) >= 11 is 0. The van der Waals surface area contributed by atoms with E-state index < -0.39 is 0 Å². The highest BCUT2D eigenvalue weighted by molar-refractivity contribution is 4.96. The molecule has 3 nitrogen and oxygen atoms in total. The molecular formula is C13H28N2O. The third-order valence-electron chi connectivity index (χ3n) is 3.97. The molecule has 1 rings (SSSR count). The zero-order valence-corrected chi connectivity index (χ0v) is 11.3. The standard InChI is InChI=1S/C13H28N2O/c1-5-7-15(11(2)3)13(4,10-14)12-6-8-16-9-12/h11-12H,5-10,14H2,1-4H3. The van der Waals surface area contributed by atoms with Crippen LogP contribution >= 0.6 is 0 Å². The normalized spacial score (nSPS) is 25.3. The van der Waals surface area contributed by atoms with Gasteiger partial charge in [0.25, 0.3) is 0 Å². The minimum absolute atomic E-state index is 0.0979. The van der Waals surface area contributed by atoms with Crippen LogP contribution in [0.5, 0.6) is 0 Å². The molecule has 0 bridgehead atoms. The fraction of sp³-hybridized carbons (Fsp3) is 1.00. The van der Waals surface area contributed by atoms with Crippen molar-refractivity contribution in [2.45, 2.75) is 52.1 Å². The van der Waals surface area contributed by atoms with E-state index in [-0.39, 0.29) is 5.54 Å². The van der Waals surface area contributed by atoms with Crippen molar-refractivity contribution >= 4 is 0 Å². The number of nitrogens with two attached hydrogens (primary N) is 1. The van der Waals surface area contributed by atoms with Gasteiger partial charge in [0.1, 0.15) is 0 Å². The lowest BCUT2D eigenvalue weighted by molar-refractivity contribution is 0.0212. The maximum atomic E-state index is 6.06. The third-order valence-corrected chi connectivity index (χ3v) is 3.97. The molecule has 2 unspecified atom stereocenters. The van der Waals surface area contributed by atoms with Crippen LogP contribution in [0.25, 0.3) is 0 Å². The van der Waals surface area contributed by atoms with Gasteiger partial charge in [-0.15, -0.1) is 0 Å². The average Bonchev–Trinajstić information content (AvgIpc) is 2.78. The fourth-order valence-corrected chi connectivity index (χ4v) is 2.89. The molecule has 0 aliphatic carbocycles. The van der Waals surface area contributed by atoms with Gasteiger partial charge in [-0.1, -0.05) is 6.92 Å². The molecule has 0 aromatic heterocycles. The first-order valence-electron chi connectivity index (χ1n) is 6.60. The van der Waals surface area contributed by atoms with Crippen molar-refractivity contribution in [1.29, 1.82) is 0 Å². The zero-order valence-electron chi connectivity index (χ0n) is 11.3. The Kier molecular flexibility index (Phi) is 5.22. The van der Waals surface area contributed by atoms with E-state index in [0.29, 0.717) is 12.0 Å². The molecule has 0 spiro atoms. The molecule has 1 heterocycles. The summed E-state index contributed by atoms with van der Waals surface area (Å²) in [6.07, 6.45) is 2.34. The van der Waals surface area contributed by atoms with E-state index in [1.165, 1.54) is 6.42 Å². The molecule has 2 N–H and O–H groups in total. The van der Waals surface area contributed by atoms with Gasteiger partial charge in [0, 0.05) is 30.7 Å². The van der Waals surface area contributed by atoms with Crippen molar-refractivity contribution < 1.29 is 4.74 Å². The van der Waals surface area contributed by atoms with Gasteiger partial charge >= 0.3 is 0 Å². The molecule has 96 valence electrons. The molecule has 2 atom stereocenters. The number of nitrogens with zero attached hydrogens (tertiary/aromatic N) is 1. The second-order valence-electron chi connectivity index (χ2n) is 5.41. The summed E-state index contributed by atoms with van der Waals surface area (Å²) in [4.78, 5) is 2.56.